The molecule has 5 nitrogen and oxygen atoms in total. The highest BCUT2D eigenvalue weighted by atomic mass is 127. The van der Waals surface area contributed by atoms with Crippen molar-refractivity contribution in [3.05, 3.63) is 93.1 Å². The van der Waals surface area contributed by atoms with E-state index in [0.29, 0.717) is 23.8 Å². The molecule has 3 aromatic rings. The van der Waals surface area contributed by atoms with Crippen LogP contribution < -0.4 is 14.8 Å². The lowest BCUT2D eigenvalue weighted by Gasteiger charge is -2.08. The monoisotopic (exact) mass is 510 g/mol. The summed E-state index contributed by atoms with van der Waals surface area (Å²) in [4.78, 5) is 12.4. The minimum Gasteiger partial charge on any atom is -0.497 e. The van der Waals surface area contributed by atoms with Crippen molar-refractivity contribution < 1.29 is 14.3 Å². The first-order valence-corrected chi connectivity index (χ1v) is 10.2. The van der Waals surface area contributed by atoms with Crippen molar-refractivity contribution in [2.45, 2.75) is 6.61 Å². The zero-order valence-corrected chi connectivity index (χ0v) is 18.4. The average molecular weight is 510 g/mol. The highest BCUT2D eigenvalue weighted by Crippen LogP contribution is 2.19. The average Bonchev–Trinajstić information content (AvgIpc) is 2.78. The molecule has 6 heteroatoms. The Labute approximate surface area is 189 Å². The van der Waals surface area contributed by atoms with Crippen LogP contribution in [0.25, 0.3) is 6.08 Å². The van der Waals surface area contributed by atoms with Gasteiger partial charge in [-0.25, -0.2) is 0 Å². The molecule has 3 aromatic carbocycles. The number of hydrogen-bond acceptors (Lipinski definition) is 4. The second kappa shape index (κ2) is 10.5. The van der Waals surface area contributed by atoms with Crippen LogP contribution in [-0.4, -0.2) is 13.0 Å². The molecule has 1 amide bonds. The summed E-state index contributed by atoms with van der Waals surface area (Å²) in [5, 5.41) is 12.1. The third-order valence-electron chi connectivity index (χ3n) is 4.20. The Kier molecular flexibility index (Phi) is 7.46. The van der Waals surface area contributed by atoms with Gasteiger partial charge in [0, 0.05) is 15.3 Å². The standard InChI is InChI=1S/C24H19IN2O3/c1-29-23-4-2-3-21(14-23)27-24(28)19(15-26)13-17-7-11-22(12-8-17)30-16-18-5-9-20(25)10-6-18/h2-14H,16H2,1H3,(H,27,28)/b19-13-. The lowest BCUT2D eigenvalue weighted by Crippen LogP contribution is -2.13. The van der Waals surface area contributed by atoms with Gasteiger partial charge in [0.25, 0.3) is 5.91 Å². The molecular weight excluding hydrogens is 491 g/mol. The maximum Gasteiger partial charge on any atom is 0.266 e. The fraction of sp³-hybridized carbons (Fsp3) is 0.0833. The fourth-order valence-corrected chi connectivity index (χ4v) is 2.98. The summed E-state index contributed by atoms with van der Waals surface area (Å²) in [6.07, 6.45) is 1.54. The lowest BCUT2D eigenvalue weighted by molar-refractivity contribution is -0.112. The third-order valence-corrected chi connectivity index (χ3v) is 4.92. The van der Waals surface area contributed by atoms with E-state index in [1.165, 1.54) is 3.57 Å². The number of halogens is 1. The second-order valence-corrected chi connectivity index (χ2v) is 7.59. The molecule has 0 saturated heterocycles. The number of ether oxygens (including phenoxy) is 2. The van der Waals surface area contributed by atoms with Gasteiger partial charge in [-0.3, -0.25) is 4.79 Å². The Bertz CT molecular complexity index is 1080. The van der Waals surface area contributed by atoms with Crippen LogP contribution in [0.3, 0.4) is 0 Å². The Balaban J connectivity index is 1.64. The number of anilines is 1. The van der Waals surface area contributed by atoms with Crippen LogP contribution in [-0.2, 0) is 11.4 Å². The molecule has 0 radical (unpaired) electrons. The molecule has 0 aliphatic heterocycles. The van der Waals surface area contributed by atoms with Crippen LogP contribution in [0, 0.1) is 14.9 Å². The number of nitriles is 1. The number of methoxy groups -OCH3 is 1. The molecule has 0 spiro atoms. The summed E-state index contributed by atoms with van der Waals surface area (Å²) >= 11 is 2.26. The van der Waals surface area contributed by atoms with Gasteiger partial charge < -0.3 is 14.8 Å². The van der Waals surface area contributed by atoms with E-state index in [9.17, 15) is 10.1 Å². The molecule has 1 N–H and O–H groups in total. The molecule has 0 aromatic heterocycles. The van der Waals surface area contributed by atoms with Crippen molar-refractivity contribution in [3.8, 4) is 17.6 Å². The lowest BCUT2D eigenvalue weighted by atomic mass is 10.1. The molecule has 0 heterocycles. The second-order valence-electron chi connectivity index (χ2n) is 6.34. The van der Waals surface area contributed by atoms with Crippen molar-refractivity contribution >= 4 is 40.3 Å². The fourth-order valence-electron chi connectivity index (χ4n) is 2.62. The number of hydrogen-bond donors (Lipinski definition) is 1. The summed E-state index contributed by atoms with van der Waals surface area (Å²) in [6, 6.07) is 24.3. The molecule has 0 atom stereocenters. The summed E-state index contributed by atoms with van der Waals surface area (Å²) < 4.78 is 12.1. The molecule has 0 aliphatic carbocycles. The number of carbonyl (C=O) groups is 1. The Morgan fingerprint density at radius 2 is 1.80 bits per heavy atom. The van der Waals surface area contributed by atoms with E-state index in [2.05, 4.69) is 27.9 Å². The number of carbonyl (C=O) groups excluding carboxylic acids is 1. The van der Waals surface area contributed by atoms with Crippen molar-refractivity contribution in [3.63, 3.8) is 0 Å². The largest absolute Gasteiger partial charge is 0.497 e. The van der Waals surface area contributed by atoms with Gasteiger partial charge in [-0.15, -0.1) is 0 Å². The molecule has 30 heavy (non-hydrogen) atoms. The predicted molar refractivity (Wildman–Crippen MR) is 125 cm³/mol. The van der Waals surface area contributed by atoms with Crippen LogP contribution in [0.4, 0.5) is 5.69 Å². The highest BCUT2D eigenvalue weighted by molar-refractivity contribution is 14.1. The summed E-state index contributed by atoms with van der Waals surface area (Å²) in [7, 11) is 1.55. The van der Waals surface area contributed by atoms with E-state index in [-0.39, 0.29) is 5.57 Å². The molecule has 0 saturated carbocycles. The van der Waals surface area contributed by atoms with Gasteiger partial charge in [0.05, 0.1) is 7.11 Å². The third kappa shape index (κ3) is 6.09. The topological polar surface area (TPSA) is 71.3 Å². The molecule has 0 bridgehead atoms. The van der Waals surface area contributed by atoms with Crippen molar-refractivity contribution in [1.82, 2.24) is 0 Å². The summed E-state index contributed by atoms with van der Waals surface area (Å²) in [6.45, 7) is 0.471. The normalized spacial score (nSPS) is 10.8. The first kappa shape index (κ1) is 21.4. The van der Waals surface area contributed by atoms with Crippen LogP contribution in [0.15, 0.2) is 78.4 Å². The van der Waals surface area contributed by atoms with Gasteiger partial charge in [0.15, 0.2) is 0 Å². The number of rotatable bonds is 7. The SMILES string of the molecule is COc1cccc(NC(=O)/C(C#N)=C\c2ccc(OCc3ccc(I)cc3)cc2)c1. The first-order chi connectivity index (χ1) is 14.6. The van der Waals surface area contributed by atoms with E-state index in [1.54, 1.807) is 49.6 Å². The quantitative estimate of drug-likeness (QED) is 0.262. The molecule has 150 valence electrons. The van der Waals surface area contributed by atoms with Crippen LogP contribution in [0.2, 0.25) is 0 Å². The smallest absolute Gasteiger partial charge is 0.266 e. The van der Waals surface area contributed by atoms with Crippen molar-refractivity contribution in [2.75, 3.05) is 12.4 Å². The zero-order chi connectivity index (χ0) is 21.3. The van der Waals surface area contributed by atoms with E-state index < -0.39 is 5.91 Å². The Morgan fingerprint density at radius 1 is 1.07 bits per heavy atom. The highest BCUT2D eigenvalue weighted by Gasteiger charge is 2.10. The number of nitrogens with zero attached hydrogens (tertiary/aromatic N) is 1. The molecule has 3 rings (SSSR count). The van der Waals surface area contributed by atoms with Crippen molar-refractivity contribution in [2.24, 2.45) is 0 Å². The zero-order valence-electron chi connectivity index (χ0n) is 16.3. The van der Waals surface area contributed by atoms with E-state index in [0.717, 1.165) is 11.1 Å². The van der Waals surface area contributed by atoms with Crippen molar-refractivity contribution in [1.29, 1.82) is 5.26 Å². The molecule has 0 fully saturated rings. The number of amides is 1. The van der Waals surface area contributed by atoms with Crippen LogP contribution >= 0.6 is 22.6 Å². The maximum atomic E-state index is 12.4. The van der Waals surface area contributed by atoms with Gasteiger partial charge in [-0.2, -0.15) is 5.26 Å². The number of benzene rings is 3. The van der Waals surface area contributed by atoms with E-state index in [1.807, 2.05) is 42.5 Å². The van der Waals surface area contributed by atoms with Crippen LogP contribution in [0.1, 0.15) is 11.1 Å². The Hall–Kier alpha value is -3.31. The first-order valence-electron chi connectivity index (χ1n) is 9.12. The number of nitrogens with one attached hydrogen (secondary N) is 1. The molecular formula is C24H19IN2O3. The molecule has 0 unspecified atom stereocenters. The van der Waals surface area contributed by atoms with Crippen LogP contribution in [0.5, 0.6) is 11.5 Å². The minimum absolute atomic E-state index is 0.00498. The van der Waals surface area contributed by atoms with Gasteiger partial charge in [0.1, 0.15) is 29.7 Å². The molecule has 0 aliphatic rings. The van der Waals surface area contributed by atoms with E-state index >= 15 is 0 Å². The van der Waals surface area contributed by atoms with Gasteiger partial charge in [-0.05, 0) is 76.2 Å². The minimum atomic E-state index is -0.482. The summed E-state index contributed by atoms with van der Waals surface area (Å²) in [5.41, 5.74) is 2.37. The Morgan fingerprint density at radius 3 is 2.47 bits per heavy atom. The summed E-state index contributed by atoms with van der Waals surface area (Å²) in [5.74, 6) is 0.853. The van der Waals surface area contributed by atoms with Gasteiger partial charge >= 0.3 is 0 Å². The maximum absolute atomic E-state index is 12.4. The predicted octanol–water partition coefficient (Wildman–Crippen LogP) is 5.42. The van der Waals surface area contributed by atoms with Gasteiger partial charge in [0.2, 0.25) is 0 Å². The van der Waals surface area contributed by atoms with Gasteiger partial charge in [-0.1, -0.05) is 30.3 Å². The van der Waals surface area contributed by atoms with E-state index in [4.69, 9.17) is 9.47 Å².